The fraction of sp³-hybridized carbons (Fsp3) is 0.538. The first-order valence-corrected chi connectivity index (χ1v) is 6.56. The van der Waals surface area contributed by atoms with E-state index in [9.17, 15) is 9.50 Å². The molecule has 0 saturated heterocycles. The van der Waals surface area contributed by atoms with E-state index in [1.807, 2.05) is 6.07 Å². The molecule has 1 nitrogen and oxygen atoms in total. The highest BCUT2D eigenvalue weighted by molar-refractivity contribution is 9.10. The van der Waals surface area contributed by atoms with E-state index in [4.69, 9.17) is 0 Å². The molecule has 1 atom stereocenters. The Morgan fingerprint density at radius 1 is 1.38 bits per heavy atom. The Morgan fingerprint density at radius 2 is 2.12 bits per heavy atom. The van der Waals surface area contributed by atoms with Crippen molar-refractivity contribution in [3.63, 3.8) is 0 Å². The molecular formula is C13H16BrFO. The molecule has 0 heterocycles. The number of benzene rings is 1. The Balaban J connectivity index is 1.91. The van der Waals surface area contributed by atoms with Crippen molar-refractivity contribution < 1.29 is 9.50 Å². The van der Waals surface area contributed by atoms with Gasteiger partial charge in [0.2, 0.25) is 0 Å². The Labute approximate surface area is 104 Å². The second kappa shape index (κ2) is 5.28. The van der Waals surface area contributed by atoms with Crippen molar-refractivity contribution in [3.05, 3.63) is 34.1 Å². The number of hydrogen-bond donors (Lipinski definition) is 1. The lowest BCUT2D eigenvalue weighted by Crippen LogP contribution is -2.20. The number of rotatable bonds is 4. The second-order valence-electron chi connectivity index (χ2n) is 4.67. The Kier molecular flexibility index (Phi) is 3.98. The van der Waals surface area contributed by atoms with E-state index >= 15 is 0 Å². The van der Waals surface area contributed by atoms with Crippen LogP contribution in [-0.2, 0) is 6.42 Å². The van der Waals surface area contributed by atoms with Gasteiger partial charge in [-0.15, -0.1) is 0 Å². The van der Waals surface area contributed by atoms with Crippen LogP contribution in [-0.4, -0.2) is 11.2 Å². The molecule has 0 bridgehead atoms. The maximum Gasteiger partial charge on any atom is 0.124 e. The van der Waals surface area contributed by atoms with E-state index in [0.29, 0.717) is 12.3 Å². The van der Waals surface area contributed by atoms with E-state index in [2.05, 4.69) is 15.9 Å². The number of hydrogen-bond acceptors (Lipinski definition) is 1. The van der Waals surface area contributed by atoms with E-state index in [1.165, 1.54) is 31.4 Å². The second-order valence-corrected chi connectivity index (χ2v) is 5.58. The molecule has 1 aliphatic carbocycles. The lowest BCUT2D eigenvalue weighted by atomic mass is 9.80. The minimum atomic E-state index is -0.334. The van der Waals surface area contributed by atoms with Gasteiger partial charge in [-0.25, -0.2) is 4.39 Å². The minimum Gasteiger partial charge on any atom is -0.393 e. The lowest BCUT2D eigenvalue weighted by molar-refractivity contribution is 0.117. The lowest BCUT2D eigenvalue weighted by Gasteiger charge is -2.27. The summed E-state index contributed by atoms with van der Waals surface area (Å²) < 4.78 is 13.8. The van der Waals surface area contributed by atoms with Crippen LogP contribution in [0.5, 0.6) is 0 Å². The molecule has 0 amide bonds. The molecule has 1 unspecified atom stereocenters. The van der Waals surface area contributed by atoms with Crippen LogP contribution >= 0.6 is 15.9 Å². The normalized spacial score (nSPS) is 18.2. The molecule has 1 aliphatic rings. The first-order valence-electron chi connectivity index (χ1n) is 5.76. The van der Waals surface area contributed by atoms with E-state index in [1.54, 1.807) is 0 Å². The fourth-order valence-electron chi connectivity index (χ4n) is 2.20. The van der Waals surface area contributed by atoms with Crippen molar-refractivity contribution in [2.24, 2.45) is 5.92 Å². The van der Waals surface area contributed by atoms with Gasteiger partial charge in [0.05, 0.1) is 6.10 Å². The quantitative estimate of drug-likeness (QED) is 0.895. The van der Waals surface area contributed by atoms with Crippen LogP contribution < -0.4 is 0 Å². The zero-order valence-electron chi connectivity index (χ0n) is 9.13. The summed E-state index contributed by atoms with van der Waals surface area (Å²) in [4.78, 5) is 0. The Hall–Kier alpha value is -0.410. The van der Waals surface area contributed by atoms with Gasteiger partial charge in [-0.2, -0.15) is 0 Å². The van der Waals surface area contributed by atoms with Gasteiger partial charge in [0, 0.05) is 4.47 Å². The third kappa shape index (κ3) is 3.29. The van der Waals surface area contributed by atoms with Gasteiger partial charge in [-0.3, -0.25) is 0 Å². The van der Waals surface area contributed by atoms with Crippen molar-refractivity contribution in [2.45, 2.75) is 38.2 Å². The van der Waals surface area contributed by atoms with Gasteiger partial charge < -0.3 is 5.11 Å². The van der Waals surface area contributed by atoms with E-state index < -0.39 is 0 Å². The predicted molar refractivity (Wildman–Crippen MR) is 65.8 cm³/mol. The molecule has 1 saturated carbocycles. The zero-order valence-corrected chi connectivity index (χ0v) is 10.7. The summed E-state index contributed by atoms with van der Waals surface area (Å²) in [5.74, 6) is 0.437. The molecule has 88 valence electrons. The summed E-state index contributed by atoms with van der Waals surface area (Å²) in [5.41, 5.74) is 0.860. The highest BCUT2D eigenvalue weighted by Gasteiger charge is 2.21. The molecule has 0 aromatic heterocycles. The van der Waals surface area contributed by atoms with Crippen LogP contribution in [0.4, 0.5) is 4.39 Å². The number of aliphatic hydroxyl groups excluding tert-OH is 1. The minimum absolute atomic E-state index is 0.250. The summed E-state index contributed by atoms with van der Waals surface area (Å²) in [6.07, 6.45) is 4.84. The molecule has 1 fully saturated rings. The van der Waals surface area contributed by atoms with Gasteiger partial charge in [-0.1, -0.05) is 35.2 Å². The summed E-state index contributed by atoms with van der Waals surface area (Å²) in [6, 6.07) is 4.80. The average Bonchev–Trinajstić information content (AvgIpc) is 2.09. The summed E-state index contributed by atoms with van der Waals surface area (Å²) in [6.45, 7) is 0. The Bertz CT molecular complexity index is 343. The van der Waals surface area contributed by atoms with E-state index in [-0.39, 0.29) is 11.9 Å². The van der Waals surface area contributed by atoms with Crippen LogP contribution in [0.15, 0.2) is 22.7 Å². The monoisotopic (exact) mass is 286 g/mol. The van der Waals surface area contributed by atoms with E-state index in [0.717, 1.165) is 16.5 Å². The molecule has 3 heteroatoms. The highest BCUT2D eigenvalue weighted by atomic mass is 79.9. The average molecular weight is 287 g/mol. The fourth-order valence-corrected chi connectivity index (χ4v) is 2.71. The zero-order chi connectivity index (χ0) is 11.5. The molecule has 0 aliphatic heterocycles. The first kappa shape index (κ1) is 12.1. The van der Waals surface area contributed by atoms with Gasteiger partial charge in [0.25, 0.3) is 0 Å². The first-order chi connectivity index (χ1) is 7.63. The van der Waals surface area contributed by atoms with Crippen LogP contribution in [0, 0.1) is 11.7 Å². The smallest absolute Gasteiger partial charge is 0.124 e. The van der Waals surface area contributed by atoms with Crippen LogP contribution in [0.2, 0.25) is 0 Å². The topological polar surface area (TPSA) is 20.2 Å². The molecule has 16 heavy (non-hydrogen) atoms. The largest absolute Gasteiger partial charge is 0.393 e. The maximum atomic E-state index is 13.1. The van der Waals surface area contributed by atoms with Crippen molar-refractivity contribution in [1.29, 1.82) is 0 Å². The maximum absolute atomic E-state index is 13.1. The molecule has 0 spiro atoms. The van der Waals surface area contributed by atoms with Crippen molar-refractivity contribution in [3.8, 4) is 0 Å². The van der Waals surface area contributed by atoms with Gasteiger partial charge in [-0.05, 0) is 42.5 Å². The summed E-state index contributed by atoms with van der Waals surface area (Å²) in [5, 5.41) is 9.88. The molecule has 1 aromatic carbocycles. The van der Waals surface area contributed by atoms with Gasteiger partial charge >= 0.3 is 0 Å². The number of aliphatic hydroxyl groups is 1. The van der Waals surface area contributed by atoms with Crippen molar-refractivity contribution in [1.82, 2.24) is 0 Å². The molecule has 1 aromatic rings. The van der Waals surface area contributed by atoms with Crippen molar-refractivity contribution in [2.75, 3.05) is 0 Å². The summed E-state index contributed by atoms with van der Waals surface area (Å²) in [7, 11) is 0. The molecule has 2 rings (SSSR count). The molecular weight excluding hydrogens is 271 g/mol. The number of halogens is 2. The van der Waals surface area contributed by atoms with Crippen molar-refractivity contribution >= 4 is 15.9 Å². The van der Waals surface area contributed by atoms with Gasteiger partial charge in [0.1, 0.15) is 5.82 Å². The van der Waals surface area contributed by atoms with Gasteiger partial charge in [0.15, 0.2) is 0 Å². The van der Waals surface area contributed by atoms with Crippen LogP contribution in [0.3, 0.4) is 0 Å². The molecule has 1 N–H and O–H groups in total. The predicted octanol–water partition coefficient (Wildman–Crippen LogP) is 3.68. The standard InChI is InChI=1S/C13H16BrFO/c14-11-4-10(5-12(15)8-11)7-13(16)6-9-2-1-3-9/h4-5,8-9,13,16H,1-3,6-7H2. The Morgan fingerprint density at radius 3 is 2.69 bits per heavy atom. The third-order valence-electron chi connectivity index (χ3n) is 3.22. The SMILES string of the molecule is OC(Cc1cc(F)cc(Br)c1)CC1CCC1. The van der Waals surface area contributed by atoms with Crippen LogP contribution in [0.1, 0.15) is 31.2 Å². The summed E-state index contributed by atoms with van der Waals surface area (Å²) >= 11 is 3.26. The third-order valence-corrected chi connectivity index (χ3v) is 3.68. The molecule has 0 radical (unpaired) electrons. The van der Waals surface area contributed by atoms with Crippen LogP contribution in [0.25, 0.3) is 0 Å². The highest BCUT2D eigenvalue weighted by Crippen LogP contribution is 2.31.